The summed E-state index contributed by atoms with van der Waals surface area (Å²) in [7, 11) is 0. The fraction of sp³-hybridized carbons (Fsp3) is 0.100. The van der Waals surface area contributed by atoms with Crippen LogP contribution in [0.1, 0.15) is 11.3 Å². The summed E-state index contributed by atoms with van der Waals surface area (Å²) < 4.78 is 0. The topological polar surface area (TPSA) is 54.7 Å². The predicted octanol–water partition coefficient (Wildman–Crippen LogP) is 1.58. The van der Waals surface area contributed by atoms with Crippen molar-refractivity contribution in [3.63, 3.8) is 0 Å². The van der Waals surface area contributed by atoms with E-state index in [1.165, 1.54) is 0 Å². The molecule has 0 saturated heterocycles. The summed E-state index contributed by atoms with van der Waals surface area (Å²) in [6.45, 7) is 0. The second-order valence-corrected chi connectivity index (χ2v) is 2.92. The molecule has 2 rings (SSSR count). The van der Waals surface area contributed by atoms with Crippen molar-refractivity contribution in [2.24, 2.45) is 0 Å². The molecular formula is C10H11N3. The van der Waals surface area contributed by atoms with Crippen LogP contribution in [0.5, 0.6) is 0 Å². The van der Waals surface area contributed by atoms with Crippen LogP contribution in [0.15, 0.2) is 36.7 Å². The highest BCUT2D eigenvalue weighted by Crippen LogP contribution is 2.11. The van der Waals surface area contributed by atoms with Gasteiger partial charge in [0.15, 0.2) is 0 Å². The first-order valence-corrected chi connectivity index (χ1v) is 4.18. The minimum absolute atomic E-state index is 0.608. The first-order chi connectivity index (χ1) is 6.36. The van der Waals surface area contributed by atoms with Crippen molar-refractivity contribution in [2.45, 2.75) is 6.42 Å². The van der Waals surface area contributed by atoms with Crippen LogP contribution in [-0.4, -0.2) is 9.97 Å². The Balaban J connectivity index is 2.24. The number of pyridine rings is 1. The molecule has 0 amide bonds. The van der Waals surface area contributed by atoms with Crippen LogP contribution in [0.2, 0.25) is 0 Å². The summed E-state index contributed by atoms with van der Waals surface area (Å²) >= 11 is 0. The molecule has 0 aliphatic heterocycles. The molecule has 0 spiro atoms. The van der Waals surface area contributed by atoms with Gasteiger partial charge in [0, 0.05) is 30.1 Å². The molecule has 0 atom stereocenters. The second kappa shape index (κ2) is 3.31. The maximum absolute atomic E-state index is 5.71. The van der Waals surface area contributed by atoms with Crippen molar-refractivity contribution in [2.75, 3.05) is 5.73 Å². The van der Waals surface area contributed by atoms with Gasteiger partial charge in [0.2, 0.25) is 0 Å². The highest BCUT2D eigenvalue weighted by molar-refractivity contribution is 5.40. The quantitative estimate of drug-likeness (QED) is 0.724. The first kappa shape index (κ1) is 7.86. The number of nitrogens with zero attached hydrogens (tertiary/aromatic N) is 1. The molecule has 3 N–H and O–H groups in total. The Hall–Kier alpha value is -1.77. The molecule has 0 bridgehead atoms. The average molecular weight is 173 g/mol. The van der Waals surface area contributed by atoms with Crippen molar-refractivity contribution >= 4 is 5.82 Å². The lowest BCUT2D eigenvalue weighted by molar-refractivity contribution is 1.09. The third kappa shape index (κ3) is 1.69. The summed E-state index contributed by atoms with van der Waals surface area (Å²) in [4.78, 5) is 7.15. The summed E-state index contributed by atoms with van der Waals surface area (Å²) in [5.74, 6) is 0.608. The maximum Gasteiger partial charge on any atom is 0.126 e. The molecule has 0 aliphatic rings. The van der Waals surface area contributed by atoms with Gasteiger partial charge in [-0.15, -0.1) is 0 Å². The molecule has 2 aromatic heterocycles. The Bertz CT molecular complexity index is 379. The predicted molar refractivity (Wildman–Crippen MR) is 52.2 cm³/mol. The Kier molecular flexibility index (Phi) is 2.00. The third-order valence-corrected chi connectivity index (χ3v) is 1.97. The van der Waals surface area contributed by atoms with Crippen LogP contribution in [0.25, 0.3) is 0 Å². The van der Waals surface area contributed by atoms with Crippen molar-refractivity contribution < 1.29 is 0 Å². The number of aromatic amines is 1. The zero-order valence-corrected chi connectivity index (χ0v) is 7.20. The van der Waals surface area contributed by atoms with E-state index in [-0.39, 0.29) is 0 Å². The van der Waals surface area contributed by atoms with E-state index in [2.05, 4.69) is 9.97 Å². The Morgan fingerprint density at radius 2 is 2.23 bits per heavy atom. The van der Waals surface area contributed by atoms with Gasteiger partial charge in [0.25, 0.3) is 0 Å². The van der Waals surface area contributed by atoms with Crippen molar-refractivity contribution in [3.8, 4) is 0 Å². The lowest BCUT2D eigenvalue weighted by atomic mass is 10.1. The molecule has 0 unspecified atom stereocenters. The molecule has 3 heteroatoms. The molecular weight excluding hydrogens is 162 g/mol. The smallest absolute Gasteiger partial charge is 0.126 e. The van der Waals surface area contributed by atoms with Gasteiger partial charge >= 0.3 is 0 Å². The lowest BCUT2D eigenvalue weighted by Gasteiger charge is -2.01. The maximum atomic E-state index is 5.71. The summed E-state index contributed by atoms with van der Waals surface area (Å²) in [5.41, 5.74) is 7.92. The molecule has 0 saturated carbocycles. The number of aromatic nitrogens is 2. The van der Waals surface area contributed by atoms with Gasteiger partial charge in [-0.25, -0.2) is 4.98 Å². The van der Waals surface area contributed by atoms with E-state index in [0.29, 0.717) is 5.82 Å². The van der Waals surface area contributed by atoms with Crippen LogP contribution in [0.3, 0.4) is 0 Å². The molecule has 3 nitrogen and oxygen atoms in total. The van der Waals surface area contributed by atoms with Gasteiger partial charge < -0.3 is 10.7 Å². The molecule has 0 radical (unpaired) electrons. The number of anilines is 1. The van der Waals surface area contributed by atoms with E-state index in [9.17, 15) is 0 Å². The number of hydrogen-bond acceptors (Lipinski definition) is 2. The van der Waals surface area contributed by atoms with Crippen LogP contribution in [-0.2, 0) is 6.42 Å². The Morgan fingerprint density at radius 1 is 1.31 bits per heavy atom. The number of hydrogen-bond donors (Lipinski definition) is 2. The SMILES string of the molecule is Nc1ncccc1Cc1ccc[nH]1. The van der Waals surface area contributed by atoms with Crippen LogP contribution >= 0.6 is 0 Å². The minimum Gasteiger partial charge on any atom is -0.383 e. The fourth-order valence-electron chi connectivity index (χ4n) is 1.28. The van der Waals surface area contributed by atoms with Crippen LogP contribution < -0.4 is 5.73 Å². The van der Waals surface area contributed by atoms with Crippen LogP contribution in [0.4, 0.5) is 5.82 Å². The normalized spacial score (nSPS) is 10.2. The highest BCUT2D eigenvalue weighted by atomic mass is 14.8. The number of H-pyrrole nitrogens is 1. The first-order valence-electron chi connectivity index (χ1n) is 4.18. The highest BCUT2D eigenvalue weighted by Gasteiger charge is 2.00. The van der Waals surface area contributed by atoms with Crippen molar-refractivity contribution in [1.82, 2.24) is 9.97 Å². The van der Waals surface area contributed by atoms with E-state index in [1.807, 2.05) is 30.5 Å². The average Bonchev–Trinajstić information content (AvgIpc) is 2.61. The van der Waals surface area contributed by atoms with E-state index in [4.69, 9.17) is 5.73 Å². The van der Waals surface area contributed by atoms with Gasteiger partial charge in [-0.05, 0) is 18.2 Å². The van der Waals surface area contributed by atoms with Gasteiger partial charge in [-0.3, -0.25) is 0 Å². The molecule has 2 aromatic rings. The summed E-state index contributed by atoms with van der Waals surface area (Å²) in [6.07, 6.45) is 4.42. The standard InChI is InChI=1S/C10H11N3/c11-10-8(3-1-6-13-10)7-9-4-2-5-12-9/h1-6,12H,7H2,(H2,11,13). The minimum atomic E-state index is 0.608. The molecule has 13 heavy (non-hydrogen) atoms. The number of nitrogens with two attached hydrogens (primary N) is 1. The van der Waals surface area contributed by atoms with E-state index < -0.39 is 0 Å². The Labute approximate surface area is 76.6 Å². The molecule has 0 aliphatic carbocycles. The number of rotatable bonds is 2. The van der Waals surface area contributed by atoms with Gasteiger partial charge in [-0.1, -0.05) is 6.07 Å². The fourth-order valence-corrected chi connectivity index (χ4v) is 1.28. The zero-order chi connectivity index (χ0) is 9.10. The lowest BCUT2D eigenvalue weighted by Crippen LogP contribution is -1.97. The number of nitrogens with one attached hydrogen (secondary N) is 1. The van der Waals surface area contributed by atoms with Gasteiger partial charge in [0.1, 0.15) is 5.82 Å². The third-order valence-electron chi connectivity index (χ3n) is 1.97. The number of nitrogen functional groups attached to an aromatic ring is 1. The molecule has 66 valence electrons. The Morgan fingerprint density at radius 3 is 2.92 bits per heavy atom. The molecule has 0 fully saturated rings. The summed E-state index contributed by atoms with van der Waals surface area (Å²) in [6, 6.07) is 7.89. The monoisotopic (exact) mass is 173 g/mol. The van der Waals surface area contributed by atoms with E-state index in [1.54, 1.807) is 6.20 Å². The van der Waals surface area contributed by atoms with Crippen LogP contribution in [0, 0.1) is 0 Å². The van der Waals surface area contributed by atoms with Crippen molar-refractivity contribution in [3.05, 3.63) is 47.9 Å². The van der Waals surface area contributed by atoms with E-state index >= 15 is 0 Å². The summed E-state index contributed by atoms with van der Waals surface area (Å²) in [5, 5.41) is 0. The second-order valence-electron chi connectivity index (χ2n) is 2.92. The van der Waals surface area contributed by atoms with Gasteiger partial charge in [0.05, 0.1) is 0 Å². The molecule has 0 aromatic carbocycles. The molecule has 2 heterocycles. The van der Waals surface area contributed by atoms with E-state index in [0.717, 1.165) is 17.7 Å². The zero-order valence-electron chi connectivity index (χ0n) is 7.20. The van der Waals surface area contributed by atoms with Gasteiger partial charge in [-0.2, -0.15) is 0 Å². The van der Waals surface area contributed by atoms with Crippen molar-refractivity contribution in [1.29, 1.82) is 0 Å². The largest absolute Gasteiger partial charge is 0.383 e.